The van der Waals surface area contributed by atoms with Gasteiger partial charge in [0.15, 0.2) is 6.10 Å². The number of hydrogen-bond donors (Lipinski definition) is 0. The quantitative estimate of drug-likeness (QED) is 0.0343. The number of ether oxygens (including phenoxy) is 3. The summed E-state index contributed by atoms with van der Waals surface area (Å²) >= 11 is 0. The van der Waals surface area contributed by atoms with E-state index in [-0.39, 0.29) is 31.1 Å². The van der Waals surface area contributed by atoms with Gasteiger partial charge >= 0.3 is 17.9 Å². The summed E-state index contributed by atoms with van der Waals surface area (Å²) in [5.41, 5.74) is 0. The molecule has 66 heavy (non-hydrogen) atoms. The highest BCUT2D eigenvalue weighted by atomic mass is 16.6. The van der Waals surface area contributed by atoms with Gasteiger partial charge in [0, 0.05) is 19.3 Å². The van der Waals surface area contributed by atoms with E-state index in [0.717, 1.165) is 57.8 Å². The molecule has 0 saturated heterocycles. The molecule has 0 saturated carbocycles. The molecule has 0 fully saturated rings. The van der Waals surface area contributed by atoms with Gasteiger partial charge < -0.3 is 14.2 Å². The van der Waals surface area contributed by atoms with Gasteiger partial charge in [-0.25, -0.2) is 0 Å². The number of hydrogen-bond acceptors (Lipinski definition) is 6. The summed E-state index contributed by atoms with van der Waals surface area (Å²) in [6, 6.07) is 0. The second kappa shape index (κ2) is 56.0. The maximum absolute atomic E-state index is 12.8. The molecular formula is C60H116O6. The summed E-state index contributed by atoms with van der Waals surface area (Å²) < 4.78 is 16.9. The van der Waals surface area contributed by atoms with Crippen LogP contribution >= 0.6 is 0 Å². The lowest BCUT2D eigenvalue weighted by molar-refractivity contribution is -0.167. The van der Waals surface area contributed by atoms with Gasteiger partial charge in [0.2, 0.25) is 0 Å². The lowest BCUT2D eigenvalue weighted by atomic mass is 10.0. The summed E-state index contributed by atoms with van der Waals surface area (Å²) in [5.74, 6) is -0.835. The van der Waals surface area contributed by atoms with Gasteiger partial charge in [-0.15, -0.1) is 0 Å². The molecule has 1 unspecified atom stereocenters. The molecule has 0 rings (SSSR count). The van der Waals surface area contributed by atoms with Crippen LogP contribution in [0.15, 0.2) is 0 Å². The van der Waals surface area contributed by atoms with Crippen molar-refractivity contribution in [2.45, 2.75) is 354 Å². The van der Waals surface area contributed by atoms with E-state index in [1.807, 2.05) is 0 Å². The Morgan fingerprint density at radius 2 is 0.409 bits per heavy atom. The minimum absolute atomic E-state index is 0.0613. The molecule has 0 aliphatic carbocycles. The predicted octanol–water partition coefficient (Wildman–Crippen LogP) is 19.9. The molecule has 0 spiro atoms. The van der Waals surface area contributed by atoms with Crippen molar-refractivity contribution in [1.82, 2.24) is 0 Å². The Balaban J connectivity index is 4.13. The van der Waals surface area contributed by atoms with Crippen LogP contribution in [0.4, 0.5) is 0 Å². The highest BCUT2D eigenvalue weighted by molar-refractivity contribution is 5.71. The molecular weight excluding hydrogens is 817 g/mol. The molecule has 0 aliphatic heterocycles. The van der Waals surface area contributed by atoms with Crippen molar-refractivity contribution in [2.24, 2.45) is 0 Å². The monoisotopic (exact) mass is 933 g/mol. The first kappa shape index (κ1) is 64.4. The van der Waals surface area contributed by atoms with Crippen molar-refractivity contribution in [3.63, 3.8) is 0 Å². The Kier molecular flexibility index (Phi) is 54.7. The minimum Gasteiger partial charge on any atom is -0.462 e. The molecule has 6 heteroatoms. The summed E-state index contributed by atoms with van der Waals surface area (Å²) in [6.45, 7) is 6.69. The van der Waals surface area contributed by atoms with Crippen molar-refractivity contribution in [1.29, 1.82) is 0 Å². The van der Waals surface area contributed by atoms with Crippen LogP contribution in [0.5, 0.6) is 0 Å². The molecule has 0 amide bonds. The number of carbonyl (C=O) groups excluding carboxylic acids is 3. The Bertz CT molecular complexity index is 982. The van der Waals surface area contributed by atoms with Gasteiger partial charge in [-0.2, -0.15) is 0 Å². The maximum Gasteiger partial charge on any atom is 0.306 e. The van der Waals surface area contributed by atoms with E-state index in [1.54, 1.807) is 0 Å². The van der Waals surface area contributed by atoms with Gasteiger partial charge in [-0.1, -0.05) is 310 Å². The molecule has 0 heterocycles. The van der Waals surface area contributed by atoms with Crippen molar-refractivity contribution < 1.29 is 28.6 Å². The fourth-order valence-corrected chi connectivity index (χ4v) is 9.33. The largest absolute Gasteiger partial charge is 0.462 e. The van der Waals surface area contributed by atoms with Gasteiger partial charge in [0.1, 0.15) is 13.2 Å². The number of carbonyl (C=O) groups is 3. The SMILES string of the molecule is CCCCCCCCCCCCCCCCCCCCCCCCCCC(=O)OCC(COC(=O)CCCCCCCCCCCC)OC(=O)CCCCCCCCCCCCCCCC. The highest BCUT2D eigenvalue weighted by Gasteiger charge is 2.19. The number of unbranched alkanes of at least 4 members (excludes halogenated alkanes) is 45. The molecule has 0 N–H and O–H groups in total. The number of esters is 3. The predicted molar refractivity (Wildman–Crippen MR) is 284 cm³/mol. The molecule has 6 nitrogen and oxygen atoms in total. The third-order valence-electron chi connectivity index (χ3n) is 13.9. The lowest BCUT2D eigenvalue weighted by Crippen LogP contribution is -2.30. The smallest absolute Gasteiger partial charge is 0.306 e. The standard InChI is InChI=1S/C60H116O6/c1-4-7-10-13-16-19-22-24-26-27-28-29-30-31-32-33-34-35-37-38-41-44-47-50-53-59(62)65-56-57(55-64-58(61)52-49-46-43-40-21-18-15-12-9-6-3)66-60(63)54-51-48-45-42-39-36-25-23-20-17-14-11-8-5-2/h57H,4-56H2,1-3H3. The summed E-state index contributed by atoms with van der Waals surface area (Å²) in [4.78, 5) is 38.1. The molecule has 0 aromatic rings. The van der Waals surface area contributed by atoms with E-state index in [4.69, 9.17) is 14.2 Å². The van der Waals surface area contributed by atoms with Crippen LogP contribution in [-0.2, 0) is 28.6 Å². The molecule has 0 aromatic heterocycles. The number of rotatable bonds is 56. The van der Waals surface area contributed by atoms with Crippen molar-refractivity contribution in [2.75, 3.05) is 13.2 Å². The van der Waals surface area contributed by atoms with Crippen LogP contribution in [0.2, 0.25) is 0 Å². The molecule has 1 atom stereocenters. The fraction of sp³-hybridized carbons (Fsp3) is 0.950. The zero-order valence-corrected chi connectivity index (χ0v) is 45.0. The Morgan fingerprint density at radius 3 is 0.606 bits per heavy atom. The van der Waals surface area contributed by atoms with Gasteiger partial charge in [-0.3, -0.25) is 14.4 Å². The van der Waals surface area contributed by atoms with Crippen LogP contribution in [0.3, 0.4) is 0 Å². The van der Waals surface area contributed by atoms with Gasteiger partial charge in [0.05, 0.1) is 0 Å². The van der Waals surface area contributed by atoms with E-state index in [2.05, 4.69) is 20.8 Å². The zero-order chi connectivity index (χ0) is 47.9. The lowest BCUT2D eigenvalue weighted by Gasteiger charge is -2.18. The summed E-state index contributed by atoms with van der Waals surface area (Å²) in [6.07, 6.45) is 62.6. The Morgan fingerprint density at radius 1 is 0.242 bits per heavy atom. The first-order chi connectivity index (χ1) is 32.5. The van der Waals surface area contributed by atoms with Gasteiger partial charge in [-0.05, 0) is 19.3 Å². The van der Waals surface area contributed by atoms with Crippen LogP contribution in [0, 0.1) is 0 Å². The van der Waals surface area contributed by atoms with Crippen LogP contribution in [0.25, 0.3) is 0 Å². The van der Waals surface area contributed by atoms with Crippen LogP contribution in [0.1, 0.15) is 348 Å². The van der Waals surface area contributed by atoms with E-state index in [0.29, 0.717) is 19.3 Å². The molecule has 0 radical (unpaired) electrons. The molecule has 392 valence electrons. The van der Waals surface area contributed by atoms with Crippen molar-refractivity contribution in [3.05, 3.63) is 0 Å². The summed E-state index contributed by atoms with van der Waals surface area (Å²) in [7, 11) is 0. The normalized spacial score (nSPS) is 11.9. The zero-order valence-electron chi connectivity index (χ0n) is 45.0. The second-order valence-corrected chi connectivity index (χ2v) is 20.6. The molecule has 0 aliphatic rings. The average Bonchev–Trinajstić information content (AvgIpc) is 3.31. The third-order valence-corrected chi connectivity index (χ3v) is 13.9. The van der Waals surface area contributed by atoms with Crippen molar-refractivity contribution in [3.8, 4) is 0 Å². The van der Waals surface area contributed by atoms with E-state index in [9.17, 15) is 14.4 Å². The van der Waals surface area contributed by atoms with E-state index in [1.165, 1.54) is 250 Å². The van der Waals surface area contributed by atoms with Crippen LogP contribution in [-0.4, -0.2) is 37.2 Å². The minimum atomic E-state index is -0.760. The molecule has 0 bridgehead atoms. The molecule has 0 aromatic carbocycles. The average molecular weight is 934 g/mol. The fourth-order valence-electron chi connectivity index (χ4n) is 9.33. The highest BCUT2D eigenvalue weighted by Crippen LogP contribution is 2.18. The van der Waals surface area contributed by atoms with Gasteiger partial charge in [0.25, 0.3) is 0 Å². The van der Waals surface area contributed by atoms with Crippen LogP contribution < -0.4 is 0 Å². The second-order valence-electron chi connectivity index (χ2n) is 20.6. The van der Waals surface area contributed by atoms with Crippen molar-refractivity contribution >= 4 is 17.9 Å². The first-order valence-corrected chi connectivity index (χ1v) is 30.0. The maximum atomic E-state index is 12.8. The third kappa shape index (κ3) is 53.4. The topological polar surface area (TPSA) is 78.9 Å². The van der Waals surface area contributed by atoms with E-state index >= 15 is 0 Å². The van der Waals surface area contributed by atoms with E-state index < -0.39 is 6.10 Å². The summed E-state index contributed by atoms with van der Waals surface area (Å²) in [5, 5.41) is 0. The Hall–Kier alpha value is -1.59. The first-order valence-electron chi connectivity index (χ1n) is 30.0. The Labute approximate surface area is 412 Å².